The van der Waals surface area contributed by atoms with Gasteiger partial charge in [-0.05, 0) is 30.5 Å². The zero-order valence-corrected chi connectivity index (χ0v) is 12.6. The highest BCUT2D eigenvalue weighted by Gasteiger charge is 2.04. The van der Waals surface area contributed by atoms with Gasteiger partial charge in [-0.3, -0.25) is 4.90 Å². The molecule has 0 saturated heterocycles. The Kier molecular flexibility index (Phi) is 7.72. The van der Waals surface area contributed by atoms with E-state index in [1.54, 1.807) is 0 Å². The van der Waals surface area contributed by atoms with Crippen LogP contribution in [0.1, 0.15) is 31.4 Å². The van der Waals surface area contributed by atoms with Gasteiger partial charge in [0.1, 0.15) is 0 Å². The minimum Gasteiger partial charge on any atom is -0.380 e. The van der Waals surface area contributed by atoms with E-state index in [9.17, 15) is 0 Å². The third-order valence-corrected chi connectivity index (χ3v) is 3.24. The molecule has 108 valence electrons. The topological polar surface area (TPSA) is 38.5 Å². The smallest absolute Gasteiger partial charge is 0.0593 e. The van der Waals surface area contributed by atoms with Gasteiger partial charge in [0.2, 0.25) is 0 Å². The molecule has 0 heterocycles. The number of rotatable bonds is 9. The van der Waals surface area contributed by atoms with Crippen molar-refractivity contribution in [2.24, 2.45) is 11.7 Å². The summed E-state index contributed by atoms with van der Waals surface area (Å²) in [5.74, 6) is 0.717. The molecule has 3 heteroatoms. The number of ether oxygens (including phenoxy) is 1. The maximum absolute atomic E-state index is 5.75. The molecule has 0 fully saturated rings. The second-order valence-corrected chi connectivity index (χ2v) is 5.51. The van der Waals surface area contributed by atoms with Crippen LogP contribution in [-0.2, 0) is 17.8 Å². The molecule has 19 heavy (non-hydrogen) atoms. The number of nitrogens with two attached hydrogens (primary N) is 1. The minimum atomic E-state index is 0.606. The summed E-state index contributed by atoms with van der Waals surface area (Å²) in [6.07, 6.45) is 1.14. The van der Waals surface area contributed by atoms with Crippen LogP contribution < -0.4 is 5.73 Å². The van der Waals surface area contributed by atoms with Crippen LogP contribution in [0.4, 0.5) is 0 Å². The predicted octanol–water partition coefficient (Wildman–Crippen LogP) is 2.64. The molecule has 0 amide bonds. The highest BCUT2D eigenvalue weighted by Crippen LogP contribution is 2.10. The van der Waals surface area contributed by atoms with Crippen molar-refractivity contribution in [1.29, 1.82) is 0 Å². The highest BCUT2D eigenvalue weighted by molar-refractivity contribution is 5.26. The molecule has 2 N–H and O–H groups in total. The summed E-state index contributed by atoms with van der Waals surface area (Å²) >= 11 is 0. The lowest BCUT2D eigenvalue weighted by atomic mass is 10.1. The van der Waals surface area contributed by atoms with Crippen LogP contribution in [0.5, 0.6) is 0 Å². The van der Waals surface area contributed by atoms with Crippen molar-refractivity contribution in [3.05, 3.63) is 35.4 Å². The Balaban J connectivity index is 2.25. The average molecular weight is 264 g/mol. The van der Waals surface area contributed by atoms with Gasteiger partial charge in [0, 0.05) is 26.2 Å². The predicted molar refractivity (Wildman–Crippen MR) is 80.9 cm³/mol. The fourth-order valence-corrected chi connectivity index (χ4v) is 1.92. The molecule has 0 spiro atoms. The van der Waals surface area contributed by atoms with Gasteiger partial charge in [-0.1, -0.05) is 38.1 Å². The van der Waals surface area contributed by atoms with Crippen LogP contribution in [-0.4, -0.2) is 31.7 Å². The van der Waals surface area contributed by atoms with E-state index in [1.165, 1.54) is 11.1 Å². The quantitative estimate of drug-likeness (QED) is 0.697. The lowest BCUT2D eigenvalue weighted by Crippen LogP contribution is -2.24. The van der Waals surface area contributed by atoms with Gasteiger partial charge in [0.05, 0.1) is 6.61 Å². The first kappa shape index (κ1) is 16.2. The normalized spacial score (nSPS) is 11.5. The fourth-order valence-electron chi connectivity index (χ4n) is 1.92. The number of likely N-dealkylation sites (N-methyl/N-ethyl adjacent to an activating group) is 1. The summed E-state index contributed by atoms with van der Waals surface area (Å²) in [6.45, 7) is 8.60. The summed E-state index contributed by atoms with van der Waals surface area (Å²) in [7, 11) is 2.12. The highest BCUT2D eigenvalue weighted by atomic mass is 16.5. The fraction of sp³-hybridized carbons (Fsp3) is 0.625. The molecule has 0 bridgehead atoms. The molecule has 0 atom stereocenters. The van der Waals surface area contributed by atoms with Gasteiger partial charge in [-0.2, -0.15) is 0 Å². The number of nitrogens with zero attached hydrogens (tertiary/aromatic N) is 1. The first-order valence-electron chi connectivity index (χ1n) is 7.16. The van der Waals surface area contributed by atoms with Crippen molar-refractivity contribution in [2.45, 2.75) is 33.4 Å². The third kappa shape index (κ3) is 6.71. The van der Waals surface area contributed by atoms with Gasteiger partial charge < -0.3 is 10.5 Å². The van der Waals surface area contributed by atoms with Crippen molar-refractivity contribution in [3.8, 4) is 0 Å². The average Bonchev–Trinajstić information content (AvgIpc) is 2.38. The molecule has 0 aliphatic heterocycles. The van der Waals surface area contributed by atoms with Gasteiger partial charge >= 0.3 is 0 Å². The second kappa shape index (κ2) is 9.08. The minimum absolute atomic E-state index is 0.606. The molecule has 3 nitrogen and oxygen atoms in total. The van der Waals surface area contributed by atoms with Crippen LogP contribution in [0.2, 0.25) is 0 Å². The lowest BCUT2D eigenvalue weighted by Gasteiger charge is -2.18. The van der Waals surface area contributed by atoms with Gasteiger partial charge in [0.25, 0.3) is 0 Å². The van der Waals surface area contributed by atoms with E-state index in [-0.39, 0.29) is 0 Å². The Morgan fingerprint density at radius 2 is 1.84 bits per heavy atom. The zero-order valence-electron chi connectivity index (χ0n) is 12.6. The van der Waals surface area contributed by atoms with Gasteiger partial charge in [-0.25, -0.2) is 0 Å². The standard InChI is InChI=1S/C16H28N2O/c1-14(2)8-10-19-11-9-18(3)13-16-7-5-4-6-15(16)12-17/h4-7,14H,8-13,17H2,1-3H3. The monoisotopic (exact) mass is 264 g/mol. The Morgan fingerprint density at radius 1 is 1.16 bits per heavy atom. The summed E-state index contributed by atoms with van der Waals surface area (Å²) in [5, 5.41) is 0. The van der Waals surface area contributed by atoms with Crippen LogP contribution >= 0.6 is 0 Å². The molecule has 0 radical (unpaired) electrons. The Bertz CT molecular complexity index is 352. The van der Waals surface area contributed by atoms with Crippen molar-refractivity contribution < 1.29 is 4.74 Å². The van der Waals surface area contributed by atoms with Crippen LogP contribution in [0.15, 0.2) is 24.3 Å². The molecular formula is C16H28N2O. The summed E-state index contributed by atoms with van der Waals surface area (Å²) in [5.41, 5.74) is 8.30. The number of hydrogen-bond donors (Lipinski definition) is 1. The molecule has 0 saturated carbocycles. The molecule has 1 rings (SSSR count). The number of hydrogen-bond acceptors (Lipinski definition) is 3. The molecule has 1 aromatic rings. The van der Waals surface area contributed by atoms with E-state index in [2.05, 4.69) is 44.0 Å². The molecule has 0 aliphatic carbocycles. The van der Waals surface area contributed by atoms with E-state index < -0.39 is 0 Å². The second-order valence-electron chi connectivity index (χ2n) is 5.51. The maximum Gasteiger partial charge on any atom is 0.0593 e. The molecule has 0 aromatic heterocycles. The summed E-state index contributed by atoms with van der Waals surface area (Å²) < 4.78 is 5.64. The lowest BCUT2D eigenvalue weighted by molar-refractivity contribution is 0.101. The largest absolute Gasteiger partial charge is 0.380 e. The van der Waals surface area contributed by atoms with Crippen molar-refractivity contribution in [2.75, 3.05) is 26.8 Å². The molecule has 1 aromatic carbocycles. The van der Waals surface area contributed by atoms with Crippen molar-refractivity contribution in [3.63, 3.8) is 0 Å². The van der Waals surface area contributed by atoms with Crippen LogP contribution in [0, 0.1) is 5.92 Å². The maximum atomic E-state index is 5.75. The Labute approximate surface area is 117 Å². The summed E-state index contributed by atoms with van der Waals surface area (Å²) in [4.78, 5) is 2.28. The third-order valence-electron chi connectivity index (χ3n) is 3.24. The molecule has 0 unspecified atom stereocenters. The van der Waals surface area contributed by atoms with Crippen molar-refractivity contribution in [1.82, 2.24) is 4.90 Å². The van der Waals surface area contributed by atoms with E-state index in [1.807, 2.05) is 6.07 Å². The SMILES string of the molecule is CC(C)CCOCCN(C)Cc1ccccc1CN. The van der Waals surface area contributed by atoms with Crippen LogP contribution in [0.25, 0.3) is 0 Å². The van der Waals surface area contributed by atoms with E-state index in [4.69, 9.17) is 10.5 Å². The molecular weight excluding hydrogens is 236 g/mol. The summed E-state index contributed by atoms with van der Waals surface area (Å²) in [6, 6.07) is 8.36. The van der Waals surface area contributed by atoms with Crippen molar-refractivity contribution >= 4 is 0 Å². The molecule has 0 aliphatic rings. The van der Waals surface area contributed by atoms with E-state index in [0.29, 0.717) is 12.5 Å². The first-order valence-corrected chi connectivity index (χ1v) is 7.16. The van der Waals surface area contributed by atoms with Gasteiger partial charge in [0.15, 0.2) is 0 Å². The number of benzene rings is 1. The van der Waals surface area contributed by atoms with E-state index >= 15 is 0 Å². The Hall–Kier alpha value is -0.900. The first-order chi connectivity index (χ1) is 9.13. The van der Waals surface area contributed by atoms with Crippen LogP contribution in [0.3, 0.4) is 0 Å². The van der Waals surface area contributed by atoms with E-state index in [0.717, 1.165) is 32.7 Å². The zero-order chi connectivity index (χ0) is 14.1. The van der Waals surface area contributed by atoms with Gasteiger partial charge in [-0.15, -0.1) is 0 Å². The Morgan fingerprint density at radius 3 is 2.47 bits per heavy atom.